The lowest BCUT2D eigenvalue weighted by molar-refractivity contribution is -0.134. The van der Waals surface area contributed by atoms with Gasteiger partial charge in [0.1, 0.15) is 0 Å². The van der Waals surface area contributed by atoms with Crippen LogP contribution in [0.1, 0.15) is 31.4 Å². The van der Waals surface area contributed by atoms with E-state index in [9.17, 15) is 9.59 Å². The molecule has 0 spiro atoms. The molecule has 0 aliphatic carbocycles. The van der Waals surface area contributed by atoms with E-state index in [-0.39, 0.29) is 23.9 Å². The number of carbonyl (C=O) groups is 2. The maximum atomic E-state index is 11.7. The molecule has 0 bridgehead atoms. The number of hydrogen-bond donors (Lipinski definition) is 2. The molecule has 1 fully saturated rings. The largest absolute Gasteiger partial charge is 0.299 e. The van der Waals surface area contributed by atoms with Gasteiger partial charge in [-0.2, -0.15) is 0 Å². The van der Waals surface area contributed by atoms with Gasteiger partial charge in [0, 0.05) is 18.7 Å². The summed E-state index contributed by atoms with van der Waals surface area (Å²) in [5.41, 5.74) is 2.04. The van der Waals surface area contributed by atoms with E-state index in [0.717, 1.165) is 15.8 Å². The van der Waals surface area contributed by atoms with E-state index in [0.29, 0.717) is 12.8 Å². The third kappa shape index (κ3) is 2.57. The smallest absolute Gasteiger partial charge is 0.243 e. The number of nitrogens with one attached hydrogen (secondary N) is 2. The zero-order chi connectivity index (χ0) is 14.1. The van der Waals surface area contributed by atoms with Crippen LogP contribution in [0.3, 0.4) is 0 Å². The Labute approximate surface area is 120 Å². The predicted octanol–water partition coefficient (Wildman–Crippen LogP) is 1.75. The van der Waals surface area contributed by atoms with Crippen LogP contribution in [0.25, 0.3) is 10.2 Å². The minimum atomic E-state index is -0.318. The van der Waals surface area contributed by atoms with Crippen LogP contribution in [-0.4, -0.2) is 22.8 Å². The molecule has 2 aromatic heterocycles. The van der Waals surface area contributed by atoms with Crippen molar-refractivity contribution < 1.29 is 9.59 Å². The normalized spacial score (nSPS) is 20.9. The van der Waals surface area contributed by atoms with Gasteiger partial charge < -0.3 is 0 Å². The lowest BCUT2D eigenvalue weighted by Gasteiger charge is -2.25. The van der Waals surface area contributed by atoms with E-state index in [4.69, 9.17) is 0 Å². The SMILES string of the molecule is CC(NC1CCC(=O)NC1=O)c1cnc2ccsc2c1. The molecule has 2 atom stereocenters. The molecule has 5 nitrogen and oxygen atoms in total. The van der Waals surface area contributed by atoms with E-state index in [1.54, 1.807) is 11.3 Å². The summed E-state index contributed by atoms with van der Waals surface area (Å²) < 4.78 is 1.14. The van der Waals surface area contributed by atoms with Crippen molar-refractivity contribution in [1.82, 2.24) is 15.6 Å². The monoisotopic (exact) mass is 289 g/mol. The maximum absolute atomic E-state index is 11.7. The van der Waals surface area contributed by atoms with Crippen molar-refractivity contribution in [1.29, 1.82) is 0 Å². The number of carbonyl (C=O) groups excluding carboxylic acids is 2. The first-order valence-electron chi connectivity index (χ1n) is 6.56. The van der Waals surface area contributed by atoms with E-state index in [1.807, 2.05) is 24.6 Å². The molecular weight excluding hydrogens is 274 g/mol. The highest BCUT2D eigenvalue weighted by atomic mass is 32.1. The number of piperidine rings is 1. The lowest BCUT2D eigenvalue weighted by atomic mass is 10.0. The summed E-state index contributed by atoms with van der Waals surface area (Å²) in [7, 11) is 0. The quantitative estimate of drug-likeness (QED) is 0.845. The topological polar surface area (TPSA) is 71.1 Å². The Morgan fingerprint density at radius 3 is 3.15 bits per heavy atom. The number of aromatic nitrogens is 1. The molecule has 2 aromatic rings. The fraction of sp³-hybridized carbons (Fsp3) is 0.357. The van der Waals surface area contributed by atoms with E-state index < -0.39 is 0 Å². The van der Waals surface area contributed by atoms with Gasteiger partial charge in [0.15, 0.2) is 0 Å². The molecule has 3 heterocycles. The average Bonchev–Trinajstić information content (AvgIpc) is 2.89. The van der Waals surface area contributed by atoms with Gasteiger partial charge in [0.25, 0.3) is 0 Å². The second-order valence-electron chi connectivity index (χ2n) is 4.96. The molecule has 0 radical (unpaired) electrons. The van der Waals surface area contributed by atoms with Crippen LogP contribution in [-0.2, 0) is 9.59 Å². The zero-order valence-electron chi connectivity index (χ0n) is 11.1. The summed E-state index contributed by atoms with van der Waals surface area (Å²) in [6.07, 6.45) is 2.76. The van der Waals surface area contributed by atoms with Crippen molar-refractivity contribution >= 4 is 33.4 Å². The summed E-state index contributed by atoms with van der Waals surface area (Å²) in [6.45, 7) is 2.00. The number of thiophene rings is 1. The Hall–Kier alpha value is -1.79. The highest BCUT2D eigenvalue weighted by Crippen LogP contribution is 2.23. The average molecular weight is 289 g/mol. The van der Waals surface area contributed by atoms with Crippen molar-refractivity contribution in [2.75, 3.05) is 0 Å². The lowest BCUT2D eigenvalue weighted by Crippen LogP contribution is -2.51. The minimum absolute atomic E-state index is 0.0120. The van der Waals surface area contributed by atoms with Gasteiger partial charge in [-0.3, -0.25) is 25.2 Å². The third-order valence-electron chi connectivity index (χ3n) is 3.51. The van der Waals surface area contributed by atoms with E-state index >= 15 is 0 Å². The Morgan fingerprint density at radius 1 is 1.50 bits per heavy atom. The molecule has 1 saturated heterocycles. The van der Waals surface area contributed by atoms with Gasteiger partial charge in [-0.25, -0.2) is 0 Å². The van der Waals surface area contributed by atoms with Gasteiger partial charge in [0.05, 0.1) is 16.3 Å². The highest BCUT2D eigenvalue weighted by molar-refractivity contribution is 7.17. The van der Waals surface area contributed by atoms with Crippen LogP contribution in [0, 0.1) is 0 Å². The Balaban J connectivity index is 1.73. The van der Waals surface area contributed by atoms with Crippen molar-refractivity contribution in [3.8, 4) is 0 Å². The minimum Gasteiger partial charge on any atom is -0.299 e. The molecular formula is C14H15N3O2S. The predicted molar refractivity (Wildman–Crippen MR) is 77.3 cm³/mol. The number of rotatable bonds is 3. The zero-order valence-corrected chi connectivity index (χ0v) is 11.9. The van der Waals surface area contributed by atoms with E-state index in [1.165, 1.54) is 0 Å². The van der Waals surface area contributed by atoms with Crippen LogP contribution in [0.4, 0.5) is 0 Å². The van der Waals surface area contributed by atoms with Crippen LogP contribution in [0.2, 0.25) is 0 Å². The second kappa shape index (κ2) is 5.30. The number of fused-ring (bicyclic) bond motifs is 1. The molecule has 3 rings (SSSR count). The number of hydrogen-bond acceptors (Lipinski definition) is 5. The van der Waals surface area contributed by atoms with Gasteiger partial charge in [0.2, 0.25) is 11.8 Å². The van der Waals surface area contributed by atoms with Crippen LogP contribution in [0.15, 0.2) is 23.7 Å². The second-order valence-corrected chi connectivity index (χ2v) is 5.91. The number of imide groups is 1. The maximum Gasteiger partial charge on any atom is 0.243 e. The molecule has 0 saturated carbocycles. The highest BCUT2D eigenvalue weighted by Gasteiger charge is 2.27. The fourth-order valence-corrected chi connectivity index (χ4v) is 3.14. The van der Waals surface area contributed by atoms with Gasteiger partial charge >= 0.3 is 0 Å². The Morgan fingerprint density at radius 2 is 2.35 bits per heavy atom. The first-order valence-corrected chi connectivity index (χ1v) is 7.44. The third-order valence-corrected chi connectivity index (χ3v) is 4.37. The summed E-state index contributed by atoms with van der Waals surface area (Å²) in [5, 5.41) is 7.63. The van der Waals surface area contributed by atoms with Crippen LogP contribution in [0.5, 0.6) is 0 Å². The Bertz CT molecular complexity index is 667. The Kier molecular flexibility index (Phi) is 3.50. The first kappa shape index (κ1) is 13.2. The molecule has 0 aromatic carbocycles. The standard InChI is InChI=1S/C14H15N3O2S/c1-8(16-11-2-3-13(18)17-14(11)19)9-6-12-10(15-7-9)4-5-20-12/h4-8,11,16H,2-3H2,1H3,(H,17,18,19). The molecule has 104 valence electrons. The van der Waals surface area contributed by atoms with Gasteiger partial charge in [-0.1, -0.05) is 0 Å². The molecule has 1 aliphatic rings. The number of amides is 2. The van der Waals surface area contributed by atoms with E-state index in [2.05, 4.69) is 21.7 Å². The van der Waals surface area contributed by atoms with Crippen molar-refractivity contribution in [3.63, 3.8) is 0 Å². The van der Waals surface area contributed by atoms with Gasteiger partial charge in [-0.15, -0.1) is 11.3 Å². The summed E-state index contributed by atoms with van der Waals surface area (Å²) in [5.74, 6) is -0.430. The van der Waals surface area contributed by atoms with Crippen molar-refractivity contribution in [2.24, 2.45) is 0 Å². The molecule has 2 unspecified atom stereocenters. The van der Waals surface area contributed by atoms with Crippen LogP contribution < -0.4 is 10.6 Å². The summed E-state index contributed by atoms with van der Waals surface area (Å²) in [6, 6.07) is 3.78. The fourth-order valence-electron chi connectivity index (χ4n) is 2.35. The molecule has 2 N–H and O–H groups in total. The molecule has 6 heteroatoms. The number of pyridine rings is 1. The molecule has 2 amide bonds. The van der Waals surface area contributed by atoms with Crippen molar-refractivity contribution in [3.05, 3.63) is 29.3 Å². The summed E-state index contributed by atoms with van der Waals surface area (Å²) in [4.78, 5) is 27.3. The summed E-state index contributed by atoms with van der Waals surface area (Å²) >= 11 is 1.65. The van der Waals surface area contributed by atoms with Crippen LogP contribution >= 0.6 is 11.3 Å². The van der Waals surface area contributed by atoms with Crippen molar-refractivity contribution in [2.45, 2.75) is 31.8 Å². The first-order chi connectivity index (χ1) is 9.63. The molecule has 1 aliphatic heterocycles. The van der Waals surface area contributed by atoms with Gasteiger partial charge in [-0.05, 0) is 36.4 Å². The number of nitrogens with zero attached hydrogens (tertiary/aromatic N) is 1. The molecule has 20 heavy (non-hydrogen) atoms.